The molecule has 0 radical (unpaired) electrons. The van der Waals surface area contributed by atoms with Crippen LogP contribution in [0.5, 0.6) is 5.75 Å². The standard InChI is InChI=1S/C20H26O2S2/c1-19(2,3)16-12-14(13-17(18(16)21)20(4,5)6)23-24(22)15-10-8-7-9-11-15/h7-13,21H,1-6H3. The maximum absolute atomic E-state index is 12.6. The Kier molecular flexibility index (Phi) is 5.50. The number of phenolic OH excluding ortho intramolecular Hbond substituents is 1. The molecule has 0 aliphatic heterocycles. The molecule has 2 rings (SSSR count). The van der Waals surface area contributed by atoms with E-state index in [2.05, 4.69) is 41.5 Å². The molecule has 0 bridgehead atoms. The first-order valence-corrected chi connectivity index (χ1v) is 10.5. The third-order valence-electron chi connectivity index (χ3n) is 3.81. The molecule has 0 fully saturated rings. The van der Waals surface area contributed by atoms with Crippen molar-refractivity contribution in [3.63, 3.8) is 0 Å². The van der Waals surface area contributed by atoms with Crippen molar-refractivity contribution in [2.45, 2.75) is 62.2 Å². The average Bonchev–Trinajstić information content (AvgIpc) is 2.47. The molecule has 0 saturated carbocycles. The third kappa shape index (κ3) is 4.42. The van der Waals surface area contributed by atoms with Gasteiger partial charge in [0.15, 0.2) is 0 Å². The summed E-state index contributed by atoms with van der Waals surface area (Å²) in [5, 5.41) is 10.8. The van der Waals surface area contributed by atoms with Gasteiger partial charge in [-0.1, -0.05) is 59.7 Å². The number of hydrogen-bond donors (Lipinski definition) is 1. The number of benzene rings is 2. The first-order chi connectivity index (χ1) is 11.0. The van der Waals surface area contributed by atoms with Crippen molar-refractivity contribution in [1.82, 2.24) is 0 Å². The maximum atomic E-state index is 12.6. The van der Waals surface area contributed by atoms with Crippen molar-refractivity contribution in [2.75, 3.05) is 0 Å². The second kappa shape index (κ2) is 6.93. The Morgan fingerprint density at radius 3 is 1.75 bits per heavy atom. The Hall–Kier alpha value is -1.26. The fourth-order valence-corrected chi connectivity index (χ4v) is 4.88. The van der Waals surface area contributed by atoms with Crippen molar-refractivity contribution in [3.8, 4) is 5.75 Å². The molecule has 0 aliphatic carbocycles. The van der Waals surface area contributed by atoms with Gasteiger partial charge in [0.25, 0.3) is 0 Å². The van der Waals surface area contributed by atoms with Gasteiger partial charge in [0.05, 0.1) is 0 Å². The topological polar surface area (TPSA) is 37.3 Å². The fourth-order valence-electron chi connectivity index (χ4n) is 2.47. The van der Waals surface area contributed by atoms with Gasteiger partial charge in [-0.25, -0.2) is 4.21 Å². The molecular weight excluding hydrogens is 336 g/mol. The summed E-state index contributed by atoms with van der Waals surface area (Å²) in [7, 11) is 0.151. The molecule has 0 aromatic heterocycles. The minimum Gasteiger partial charge on any atom is -0.507 e. The number of phenols is 1. The molecule has 4 heteroatoms. The SMILES string of the molecule is CC(C)(C)c1cc(SS(=O)c2ccccc2)cc(C(C)(C)C)c1O. The molecule has 2 nitrogen and oxygen atoms in total. The molecule has 0 amide bonds. The third-order valence-corrected chi connectivity index (χ3v) is 6.65. The molecule has 1 N–H and O–H groups in total. The van der Waals surface area contributed by atoms with Crippen molar-refractivity contribution >= 4 is 20.6 Å². The summed E-state index contributed by atoms with van der Waals surface area (Å²) in [6.07, 6.45) is 0. The first kappa shape index (κ1) is 19.1. The minimum absolute atomic E-state index is 0.186. The molecule has 130 valence electrons. The van der Waals surface area contributed by atoms with Crippen molar-refractivity contribution in [3.05, 3.63) is 53.6 Å². The Morgan fingerprint density at radius 1 is 0.875 bits per heavy atom. The number of aromatic hydroxyl groups is 1. The van der Waals surface area contributed by atoms with Gasteiger partial charge in [-0.15, -0.1) is 0 Å². The Bertz CT molecular complexity index is 703. The zero-order chi connectivity index (χ0) is 18.1. The van der Waals surface area contributed by atoms with Gasteiger partial charge in [0.2, 0.25) is 0 Å². The second-order valence-corrected chi connectivity index (χ2v) is 11.0. The largest absolute Gasteiger partial charge is 0.507 e. The normalized spacial score (nSPS) is 13.8. The van der Waals surface area contributed by atoms with Crippen molar-refractivity contribution in [1.29, 1.82) is 0 Å². The van der Waals surface area contributed by atoms with E-state index in [0.29, 0.717) is 5.75 Å². The molecule has 0 aliphatic rings. The fraction of sp³-hybridized carbons (Fsp3) is 0.400. The highest BCUT2D eigenvalue weighted by molar-refractivity contribution is 8.69. The van der Waals surface area contributed by atoms with Gasteiger partial charge >= 0.3 is 0 Å². The van der Waals surface area contributed by atoms with Crippen LogP contribution in [0, 0.1) is 0 Å². The molecule has 0 spiro atoms. The van der Waals surface area contributed by atoms with E-state index in [4.69, 9.17) is 0 Å². The summed E-state index contributed by atoms with van der Waals surface area (Å²) in [4.78, 5) is 1.72. The van der Waals surface area contributed by atoms with Crippen LogP contribution in [0.4, 0.5) is 0 Å². The first-order valence-electron chi connectivity index (χ1n) is 8.03. The lowest BCUT2D eigenvalue weighted by molar-refractivity contribution is 0.422. The van der Waals surface area contributed by atoms with Crippen LogP contribution in [-0.2, 0) is 20.7 Å². The van der Waals surface area contributed by atoms with Crippen LogP contribution in [-0.4, -0.2) is 9.32 Å². The molecule has 1 atom stereocenters. The van der Waals surface area contributed by atoms with Crippen LogP contribution in [0.3, 0.4) is 0 Å². The Labute approximate surface area is 151 Å². The van der Waals surface area contributed by atoms with Gasteiger partial charge in [0, 0.05) is 20.9 Å². The summed E-state index contributed by atoms with van der Waals surface area (Å²) in [6, 6.07) is 13.4. The van der Waals surface area contributed by atoms with Crippen molar-refractivity contribution in [2.24, 2.45) is 0 Å². The average molecular weight is 363 g/mol. The molecule has 0 saturated heterocycles. The van der Waals surface area contributed by atoms with Gasteiger partial charge < -0.3 is 5.11 Å². The van der Waals surface area contributed by atoms with E-state index in [1.54, 1.807) is 0 Å². The quantitative estimate of drug-likeness (QED) is 0.701. The summed E-state index contributed by atoms with van der Waals surface area (Å²) < 4.78 is 12.6. The van der Waals surface area contributed by atoms with Crippen LogP contribution >= 0.6 is 10.8 Å². The van der Waals surface area contributed by atoms with E-state index in [1.807, 2.05) is 42.5 Å². The lowest BCUT2D eigenvalue weighted by Crippen LogP contribution is -2.17. The van der Waals surface area contributed by atoms with Gasteiger partial charge in [-0.3, -0.25) is 0 Å². The van der Waals surface area contributed by atoms with E-state index in [-0.39, 0.29) is 10.8 Å². The van der Waals surface area contributed by atoms with E-state index in [1.165, 1.54) is 10.8 Å². The maximum Gasteiger partial charge on any atom is 0.123 e. The van der Waals surface area contributed by atoms with E-state index in [9.17, 15) is 9.32 Å². The second-order valence-electron chi connectivity index (χ2n) is 8.00. The predicted molar refractivity (Wildman–Crippen MR) is 104 cm³/mol. The molecular formula is C20H26O2S2. The highest BCUT2D eigenvalue weighted by Crippen LogP contribution is 2.42. The molecule has 0 heterocycles. The zero-order valence-corrected chi connectivity index (χ0v) is 16.8. The molecule has 2 aromatic rings. The highest BCUT2D eigenvalue weighted by Gasteiger charge is 2.27. The number of rotatable bonds is 3. The van der Waals surface area contributed by atoms with E-state index >= 15 is 0 Å². The smallest absolute Gasteiger partial charge is 0.123 e. The van der Waals surface area contributed by atoms with Crippen LogP contribution in [0.25, 0.3) is 0 Å². The summed E-state index contributed by atoms with van der Waals surface area (Å²) in [5.74, 6) is 0.352. The number of hydrogen-bond acceptors (Lipinski definition) is 3. The lowest BCUT2D eigenvalue weighted by Gasteiger charge is -2.28. The van der Waals surface area contributed by atoms with E-state index < -0.39 is 9.83 Å². The summed E-state index contributed by atoms with van der Waals surface area (Å²) >= 11 is 0. The van der Waals surface area contributed by atoms with Crippen LogP contribution in [0.15, 0.2) is 52.3 Å². The van der Waals surface area contributed by atoms with Gasteiger partial charge in [-0.05, 0) is 45.9 Å². The monoisotopic (exact) mass is 362 g/mol. The Balaban J connectivity index is 2.49. The summed E-state index contributed by atoms with van der Waals surface area (Å²) in [6.45, 7) is 12.5. The van der Waals surface area contributed by atoms with Gasteiger partial charge in [-0.2, -0.15) is 0 Å². The van der Waals surface area contributed by atoms with Crippen molar-refractivity contribution < 1.29 is 9.32 Å². The molecule has 1 unspecified atom stereocenters. The predicted octanol–water partition coefficient (Wildman–Crippen LogP) is 5.80. The molecule has 24 heavy (non-hydrogen) atoms. The van der Waals surface area contributed by atoms with Crippen LogP contribution in [0.2, 0.25) is 0 Å². The Morgan fingerprint density at radius 2 is 1.33 bits per heavy atom. The molecule has 2 aromatic carbocycles. The van der Waals surface area contributed by atoms with Crippen LogP contribution < -0.4 is 0 Å². The van der Waals surface area contributed by atoms with Gasteiger partial charge in [0.1, 0.15) is 15.6 Å². The zero-order valence-electron chi connectivity index (χ0n) is 15.2. The highest BCUT2D eigenvalue weighted by atomic mass is 33.1. The lowest BCUT2D eigenvalue weighted by atomic mass is 9.79. The summed E-state index contributed by atoms with van der Waals surface area (Å²) in [5.41, 5.74) is 1.41. The van der Waals surface area contributed by atoms with Crippen LogP contribution in [0.1, 0.15) is 52.7 Å². The minimum atomic E-state index is -1.18. The van der Waals surface area contributed by atoms with E-state index in [0.717, 1.165) is 20.9 Å².